The number of fused-ring (bicyclic) bond motifs is 1. The van der Waals surface area contributed by atoms with E-state index < -0.39 is 5.76 Å². The summed E-state index contributed by atoms with van der Waals surface area (Å²) in [7, 11) is 0. The molecule has 3 rings (SSSR count). The number of hydrogen-bond acceptors (Lipinski definition) is 3. The number of aromatic nitrogens is 1. The number of carbonyl (C=O) groups is 1. The molecule has 5 nitrogen and oxygen atoms in total. The van der Waals surface area contributed by atoms with Crippen LogP contribution in [0, 0.1) is 0 Å². The molecule has 1 fully saturated rings. The van der Waals surface area contributed by atoms with Crippen molar-refractivity contribution < 1.29 is 9.21 Å². The van der Waals surface area contributed by atoms with Crippen LogP contribution in [-0.4, -0.2) is 28.9 Å². The summed E-state index contributed by atoms with van der Waals surface area (Å²) < 4.78 is 4.96. The third-order valence-corrected chi connectivity index (χ3v) is 3.31. The molecule has 1 aliphatic heterocycles. The minimum absolute atomic E-state index is 0.0143. The van der Waals surface area contributed by atoms with Gasteiger partial charge < -0.3 is 9.32 Å². The molecule has 2 heterocycles. The number of piperidine rings is 1. The van der Waals surface area contributed by atoms with Crippen molar-refractivity contribution in [3.63, 3.8) is 0 Å². The third-order valence-electron chi connectivity index (χ3n) is 3.31. The second kappa shape index (κ2) is 4.33. The van der Waals surface area contributed by atoms with Gasteiger partial charge in [-0.25, -0.2) is 4.79 Å². The summed E-state index contributed by atoms with van der Waals surface area (Å²) in [5.74, 6) is -0.479. The summed E-state index contributed by atoms with van der Waals surface area (Å²) in [4.78, 5) is 27.7. The minimum atomic E-state index is -0.493. The number of rotatable bonds is 1. The molecule has 0 atom stereocenters. The van der Waals surface area contributed by atoms with Crippen LogP contribution >= 0.6 is 0 Å². The van der Waals surface area contributed by atoms with E-state index in [9.17, 15) is 9.59 Å². The van der Waals surface area contributed by atoms with E-state index in [2.05, 4.69) is 4.98 Å². The minimum Gasteiger partial charge on any atom is -0.408 e. The number of nitrogens with zero attached hydrogens (tertiary/aromatic N) is 1. The highest BCUT2D eigenvalue weighted by Gasteiger charge is 2.18. The first-order chi connectivity index (χ1) is 8.74. The zero-order chi connectivity index (χ0) is 12.5. The predicted octanol–water partition coefficient (Wildman–Crippen LogP) is 1.75. The van der Waals surface area contributed by atoms with Crippen LogP contribution in [-0.2, 0) is 0 Å². The molecule has 5 heteroatoms. The number of aromatic amines is 1. The first-order valence-corrected chi connectivity index (χ1v) is 6.16. The molecular formula is C13H14N2O3. The van der Waals surface area contributed by atoms with Crippen molar-refractivity contribution in [2.24, 2.45) is 0 Å². The normalized spacial score (nSPS) is 16.1. The Hall–Kier alpha value is -2.04. The Morgan fingerprint density at radius 2 is 2.00 bits per heavy atom. The van der Waals surface area contributed by atoms with Crippen molar-refractivity contribution >= 4 is 17.0 Å². The Morgan fingerprint density at radius 3 is 2.78 bits per heavy atom. The van der Waals surface area contributed by atoms with Crippen LogP contribution in [0.5, 0.6) is 0 Å². The summed E-state index contributed by atoms with van der Waals surface area (Å²) in [5.41, 5.74) is 1.63. The van der Waals surface area contributed by atoms with Crippen LogP contribution in [0.2, 0.25) is 0 Å². The summed E-state index contributed by atoms with van der Waals surface area (Å²) in [6.07, 6.45) is 3.32. The summed E-state index contributed by atoms with van der Waals surface area (Å²) >= 11 is 0. The lowest BCUT2D eigenvalue weighted by molar-refractivity contribution is 0.0724. The molecule has 1 N–H and O–H groups in total. The molecule has 1 amide bonds. The highest BCUT2D eigenvalue weighted by molar-refractivity contribution is 5.97. The number of benzene rings is 1. The molecule has 0 unspecified atom stereocenters. The number of hydrogen-bond donors (Lipinski definition) is 1. The zero-order valence-electron chi connectivity index (χ0n) is 9.94. The van der Waals surface area contributed by atoms with Crippen LogP contribution in [0.1, 0.15) is 29.6 Å². The maximum Gasteiger partial charge on any atom is 0.417 e. The molecule has 1 aromatic carbocycles. The molecule has 0 bridgehead atoms. The van der Waals surface area contributed by atoms with Crippen LogP contribution in [0.15, 0.2) is 27.4 Å². The van der Waals surface area contributed by atoms with Gasteiger partial charge in [0.05, 0.1) is 5.52 Å². The van der Waals surface area contributed by atoms with Crippen molar-refractivity contribution in [2.45, 2.75) is 19.3 Å². The van der Waals surface area contributed by atoms with E-state index in [-0.39, 0.29) is 5.91 Å². The van der Waals surface area contributed by atoms with E-state index in [0.717, 1.165) is 25.9 Å². The third kappa shape index (κ3) is 1.92. The lowest BCUT2D eigenvalue weighted by Gasteiger charge is -2.26. The van der Waals surface area contributed by atoms with Gasteiger partial charge in [-0.15, -0.1) is 0 Å². The zero-order valence-corrected chi connectivity index (χ0v) is 9.94. The van der Waals surface area contributed by atoms with Gasteiger partial charge in [0.25, 0.3) is 5.91 Å². The van der Waals surface area contributed by atoms with Gasteiger partial charge in [-0.05, 0) is 37.5 Å². The summed E-state index contributed by atoms with van der Waals surface area (Å²) in [5, 5.41) is 0. The Kier molecular flexibility index (Phi) is 2.66. The van der Waals surface area contributed by atoms with Gasteiger partial charge in [-0.3, -0.25) is 9.78 Å². The van der Waals surface area contributed by atoms with Crippen LogP contribution in [0.4, 0.5) is 0 Å². The average molecular weight is 246 g/mol. The Bertz CT molecular complexity index is 635. The van der Waals surface area contributed by atoms with Crippen molar-refractivity contribution in [3.05, 3.63) is 34.3 Å². The SMILES string of the molecule is O=C(c1ccc2[nH]c(=O)oc2c1)N1CCCCC1. The number of amides is 1. The fraction of sp³-hybridized carbons (Fsp3) is 0.385. The van der Waals surface area contributed by atoms with E-state index in [1.807, 2.05) is 4.90 Å². The van der Waals surface area contributed by atoms with Gasteiger partial charge in [0.2, 0.25) is 0 Å². The van der Waals surface area contributed by atoms with Gasteiger partial charge in [-0.1, -0.05) is 0 Å². The molecule has 1 aliphatic rings. The van der Waals surface area contributed by atoms with Gasteiger partial charge in [0.15, 0.2) is 5.58 Å². The van der Waals surface area contributed by atoms with Crippen molar-refractivity contribution in [1.82, 2.24) is 9.88 Å². The van der Waals surface area contributed by atoms with Gasteiger partial charge in [-0.2, -0.15) is 0 Å². The van der Waals surface area contributed by atoms with Gasteiger partial charge in [0, 0.05) is 18.7 Å². The summed E-state index contributed by atoms with van der Waals surface area (Å²) in [6, 6.07) is 5.06. The lowest BCUT2D eigenvalue weighted by atomic mass is 10.1. The second-order valence-corrected chi connectivity index (χ2v) is 4.58. The van der Waals surface area contributed by atoms with E-state index in [1.165, 1.54) is 6.42 Å². The van der Waals surface area contributed by atoms with E-state index in [0.29, 0.717) is 16.7 Å². The first-order valence-electron chi connectivity index (χ1n) is 6.16. The number of H-pyrrole nitrogens is 1. The van der Waals surface area contributed by atoms with E-state index >= 15 is 0 Å². The average Bonchev–Trinajstić information content (AvgIpc) is 2.78. The number of nitrogens with one attached hydrogen (secondary N) is 1. The molecule has 0 radical (unpaired) electrons. The smallest absolute Gasteiger partial charge is 0.408 e. The van der Waals surface area contributed by atoms with Crippen LogP contribution in [0.3, 0.4) is 0 Å². The lowest BCUT2D eigenvalue weighted by Crippen LogP contribution is -2.35. The molecule has 1 aromatic heterocycles. The maximum absolute atomic E-state index is 12.2. The topological polar surface area (TPSA) is 66.3 Å². The quantitative estimate of drug-likeness (QED) is 0.833. The predicted molar refractivity (Wildman–Crippen MR) is 66.6 cm³/mol. The van der Waals surface area contributed by atoms with Crippen molar-refractivity contribution in [1.29, 1.82) is 0 Å². The number of carbonyl (C=O) groups excluding carboxylic acids is 1. The molecule has 0 saturated carbocycles. The fourth-order valence-electron chi connectivity index (χ4n) is 2.36. The molecule has 94 valence electrons. The molecule has 18 heavy (non-hydrogen) atoms. The second-order valence-electron chi connectivity index (χ2n) is 4.58. The Labute approximate surface area is 103 Å². The number of oxazole rings is 1. The highest BCUT2D eigenvalue weighted by atomic mass is 16.4. The molecule has 0 aliphatic carbocycles. The Morgan fingerprint density at radius 1 is 1.22 bits per heavy atom. The molecule has 0 spiro atoms. The van der Waals surface area contributed by atoms with Gasteiger partial charge in [0.1, 0.15) is 0 Å². The maximum atomic E-state index is 12.2. The van der Waals surface area contributed by atoms with Crippen LogP contribution in [0.25, 0.3) is 11.1 Å². The first kappa shape index (κ1) is 11.1. The highest BCUT2D eigenvalue weighted by Crippen LogP contribution is 2.16. The Balaban J connectivity index is 1.92. The fourth-order valence-corrected chi connectivity index (χ4v) is 2.36. The van der Waals surface area contributed by atoms with Crippen molar-refractivity contribution in [2.75, 3.05) is 13.1 Å². The largest absolute Gasteiger partial charge is 0.417 e. The van der Waals surface area contributed by atoms with Crippen LogP contribution < -0.4 is 5.76 Å². The van der Waals surface area contributed by atoms with Crippen molar-refractivity contribution in [3.8, 4) is 0 Å². The molecule has 2 aromatic rings. The monoisotopic (exact) mass is 246 g/mol. The molecular weight excluding hydrogens is 232 g/mol. The van der Waals surface area contributed by atoms with E-state index in [4.69, 9.17) is 4.42 Å². The molecule has 1 saturated heterocycles. The summed E-state index contributed by atoms with van der Waals surface area (Å²) in [6.45, 7) is 1.63. The van der Waals surface area contributed by atoms with Gasteiger partial charge >= 0.3 is 5.76 Å². The standard InChI is InChI=1S/C13H14N2O3/c16-12(15-6-2-1-3-7-15)9-4-5-10-11(8-9)18-13(17)14-10/h4-5,8H,1-3,6-7H2,(H,14,17). The van der Waals surface area contributed by atoms with E-state index in [1.54, 1.807) is 18.2 Å². The number of likely N-dealkylation sites (tertiary alicyclic amines) is 1.